The van der Waals surface area contributed by atoms with Crippen LogP contribution in [-0.4, -0.2) is 5.78 Å². The topological polar surface area (TPSA) is 17.1 Å². The third kappa shape index (κ3) is 3.07. The minimum absolute atomic E-state index is 0.189. The summed E-state index contributed by atoms with van der Waals surface area (Å²) >= 11 is 0. The van der Waals surface area contributed by atoms with Crippen molar-refractivity contribution in [1.29, 1.82) is 0 Å². The van der Waals surface area contributed by atoms with Gasteiger partial charge in [-0.15, -0.1) is 0 Å². The van der Waals surface area contributed by atoms with Crippen molar-refractivity contribution in [1.82, 2.24) is 0 Å². The van der Waals surface area contributed by atoms with Crippen LogP contribution in [0.15, 0.2) is 24.3 Å². The smallest absolute Gasteiger partial charge is 0.143 e. The quantitative estimate of drug-likeness (QED) is 0.718. The van der Waals surface area contributed by atoms with Gasteiger partial charge in [0, 0.05) is 11.8 Å². The van der Waals surface area contributed by atoms with Crippen molar-refractivity contribution in [2.45, 2.75) is 70.6 Å². The van der Waals surface area contributed by atoms with Gasteiger partial charge in [0.2, 0.25) is 0 Å². The molecule has 0 saturated heterocycles. The fourth-order valence-electron chi connectivity index (χ4n) is 4.26. The fourth-order valence-corrected chi connectivity index (χ4v) is 4.26. The number of rotatable bonds is 4. The van der Waals surface area contributed by atoms with Gasteiger partial charge in [-0.1, -0.05) is 51.0 Å². The van der Waals surface area contributed by atoms with Crippen LogP contribution >= 0.6 is 0 Å². The average Bonchev–Trinajstić information content (AvgIpc) is 2.53. The Balaban J connectivity index is 1.59. The molecule has 1 aromatic carbocycles. The molecule has 1 nitrogen and oxygen atoms in total. The predicted molar refractivity (Wildman–Crippen MR) is 87.6 cm³/mol. The van der Waals surface area contributed by atoms with Gasteiger partial charge in [-0.25, -0.2) is 0 Å². The summed E-state index contributed by atoms with van der Waals surface area (Å²) in [5.41, 5.74) is 2.73. The van der Waals surface area contributed by atoms with Crippen LogP contribution in [0.3, 0.4) is 0 Å². The zero-order valence-corrected chi connectivity index (χ0v) is 13.5. The van der Waals surface area contributed by atoms with Gasteiger partial charge in [0.05, 0.1) is 0 Å². The van der Waals surface area contributed by atoms with E-state index >= 15 is 0 Å². The van der Waals surface area contributed by atoms with E-state index in [9.17, 15) is 4.79 Å². The van der Waals surface area contributed by atoms with Crippen LogP contribution < -0.4 is 0 Å². The molecule has 114 valence electrons. The number of benzene rings is 1. The lowest BCUT2D eigenvalue weighted by Crippen LogP contribution is -2.33. The molecule has 1 aromatic rings. The van der Waals surface area contributed by atoms with Gasteiger partial charge in [-0.05, 0) is 55.1 Å². The molecule has 3 rings (SSSR count). The second-order valence-electron chi connectivity index (χ2n) is 7.26. The first-order chi connectivity index (χ1) is 10.2. The average molecular weight is 284 g/mol. The molecular weight excluding hydrogens is 256 g/mol. The Labute approximate surface area is 129 Å². The van der Waals surface area contributed by atoms with Crippen molar-refractivity contribution in [3.63, 3.8) is 0 Å². The molecule has 0 heterocycles. The van der Waals surface area contributed by atoms with E-state index in [4.69, 9.17) is 0 Å². The van der Waals surface area contributed by atoms with Crippen LogP contribution in [0.5, 0.6) is 0 Å². The molecule has 0 N–H and O–H groups in total. The zero-order valence-electron chi connectivity index (χ0n) is 13.5. The second-order valence-corrected chi connectivity index (χ2v) is 7.26. The standard InChI is InChI=1S/C20H28O/c1-3-4-15-5-7-16(8-6-15)17-9-11-18(12-10-17)19-13-14(2)20(19)21/h9-12,14-16,19H,3-8,13H2,1-2H3. The molecule has 2 fully saturated rings. The first-order valence-corrected chi connectivity index (χ1v) is 8.82. The Kier molecular flexibility index (Phi) is 4.47. The summed E-state index contributed by atoms with van der Waals surface area (Å²) in [4.78, 5) is 11.8. The van der Waals surface area contributed by atoms with Crippen LogP contribution in [0, 0.1) is 11.8 Å². The van der Waals surface area contributed by atoms with Gasteiger partial charge >= 0.3 is 0 Å². The van der Waals surface area contributed by atoms with Crippen LogP contribution in [-0.2, 0) is 4.79 Å². The number of ketones is 1. The minimum Gasteiger partial charge on any atom is -0.299 e. The summed E-state index contributed by atoms with van der Waals surface area (Å²) in [7, 11) is 0. The van der Waals surface area contributed by atoms with Gasteiger partial charge in [-0.2, -0.15) is 0 Å². The summed E-state index contributed by atoms with van der Waals surface area (Å²) in [5.74, 6) is 2.63. The summed E-state index contributed by atoms with van der Waals surface area (Å²) in [6.07, 6.45) is 9.29. The maximum atomic E-state index is 11.8. The maximum absolute atomic E-state index is 11.8. The number of hydrogen-bond donors (Lipinski definition) is 0. The summed E-state index contributed by atoms with van der Waals surface area (Å²) in [5, 5.41) is 0. The lowest BCUT2D eigenvalue weighted by Gasteiger charge is -2.32. The lowest BCUT2D eigenvalue weighted by atomic mass is 9.70. The molecule has 0 bridgehead atoms. The highest BCUT2D eigenvalue weighted by Gasteiger charge is 2.36. The third-order valence-electron chi connectivity index (χ3n) is 5.77. The highest BCUT2D eigenvalue weighted by Crippen LogP contribution is 2.40. The molecule has 2 aliphatic carbocycles. The first kappa shape index (κ1) is 14.8. The molecule has 1 heteroatoms. The van der Waals surface area contributed by atoms with E-state index in [1.807, 2.05) is 6.92 Å². The molecule has 2 saturated carbocycles. The molecule has 0 aromatic heterocycles. The Hall–Kier alpha value is -1.11. The Morgan fingerprint density at radius 3 is 2.14 bits per heavy atom. The molecule has 0 spiro atoms. The largest absolute Gasteiger partial charge is 0.299 e. The van der Waals surface area contributed by atoms with Gasteiger partial charge in [0.15, 0.2) is 0 Å². The number of carbonyl (C=O) groups is 1. The van der Waals surface area contributed by atoms with E-state index in [0.29, 0.717) is 5.78 Å². The van der Waals surface area contributed by atoms with E-state index in [1.165, 1.54) is 49.7 Å². The van der Waals surface area contributed by atoms with E-state index in [-0.39, 0.29) is 11.8 Å². The van der Waals surface area contributed by atoms with Crippen molar-refractivity contribution in [3.8, 4) is 0 Å². The van der Waals surface area contributed by atoms with E-state index in [1.54, 1.807) is 0 Å². The number of carbonyl (C=O) groups excluding carboxylic acids is 1. The van der Waals surface area contributed by atoms with E-state index in [0.717, 1.165) is 18.3 Å². The summed E-state index contributed by atoms with van der Waals surface area (Å²) in [6.45, 7) is 4.34. The van der Waals surface area contributed by atoms with Crippen LogP contribution in [0.1, 0.15) is 81.8 Å². The highest BCUT2D eigenvalue weighted by atomic mass is 16.1. The molecule has 21 heavy (non-hydrogen) atoms. The minimum atomic E-state index is 0.189. The van der Waals surface area contributed by atoms with Crippen molar-refractivity contribution in [2.75, 3.05) is 0 Å². The van der Waals surface area contributed by atoms with Crippen LogP contribution in [0.4, 0.5) is 0 Å². The fraction of sp³-hybridized carbons (Fsp3) is 0.650. The van der Waals surface area contributed by atoms with E-state index in [2.05, 4.69) is 31.2 Å². The molecule has 2 atom stereocenters. The van der Waals surface area contributed by atoms with Crippen molar-refractivity contribution in [3.05, 3.63) is 35.4 Å². The monoisotopic (exact) mass is 284 g/mol. The van der Waals surface area contributed by atoms with Gasteiger partial charge in [0.25, 0.3) is 0 Å². The van der Waals surface area contributed by atoms with Crippen molar-refractivity contribution >= 4 is 5.78 Å². The Morgan fingerprint density at radius 1 is 1.00 bits per heavy atom. The maximum Gasteiger partial charge on any atom is 0.143 e. The van der Waals surface area contributed by atoms with E-state index < -0.39 is 0 Å². The molecule has 2 aliphatic rings. The van der Waals surface area contributed by atoms with Crippen LogP contribution in [0.25, 0.3) is 0 Å². The van der Waals surface area contributed by atoms with Gasteiger partial charge < -0.3 is 0 Å². The number of Topliss-reactive ketones (excluding diaryl/α,β-unsaturated/α-hetero) is 1. The lowest BCUT2D eigenvalue weighted by molar-refractivity contribution is -0.130. The SMILES string of the molecule is CCCC1CCC(c2ccc(C3CC(C)C3=O)cc2)CC1. The molecular formula is C20H28O. The molecule has 0 radical (unpaired) electrons. The van der Waals surface area contributed by atoms with Crippen molar-refractivity contribution < 1.29 is 4.79 Å². The Morgan fingerprint density at radius 2 is 1.62 bits per heavy atom. The van der Waals surface area contributed by atoms with Crippen LogP contribution in [0.2, 0.25) is 0 Å². The third-order valence-corrected chi connectivity index (χ3v) is 5.77. The van der Waals surface area contributed by atoms with Gasteiger partial charge in [0.1, 0.15) is 5.78 Å². The predicted octanol–water partition coefficient (Wildman–Crippen LogP) is 5.45. The summed E-state index contributed by atoms with van der Waals surface area (Å²) in [6, 6.07) is 9.00. The highest BCUT2D eigenvalue weighted by molar-refractivity contribution is 5.93. The zero-order chi connectivity index (χ0) is 14.8. The first-order valence-electron chi connectivity index (χ1n) is 8.82. The second kappa shape index (κ2) is 6.34. The normalized spacial score (nSPS) is 32.8. The van der Waals surface area contributed by atoms with Crippen molar-refractivity contribution in [2.24, 2.45) is 11.8 Å². The molecule has 2 unspecified atom stereocenters. The molecule has 0 amide bonds. The number of hydrogen-bond acceptors (Lipinski definition) is 1. The Bertz CT molecular complexity index is 479. The summed E-state index contributed by atoms with van der Waals surface area (Å²) < 4.78 is 0. The van der Waals surface area contributed by atoms with Gasteiger partial charge in [-0.3, -0.25) is 4.79 Å². The molecule has 0 aliphatic heterocycles.